The average molecular weight is 332 g/mol. The number of rotatable bonds is 3. The van der Waals surface area contributed by atoms with Crippen molar-refractivity contribution in [3.63, 3.8) is 0 Å². The zero-order chi connectivity index (χ0) is 16.4. The summed E-state index contributed by atoms with van der Waals surface area (Å²) in [4.78, 5) is 16.1. The molecule has 116 valence electrons. The van der Waals surface area contributed by atoms with Gasteiger partial charge in [0, 0.05) is 5.02 Å². The molecule has 1 heterocycles. The highest BCUT2D eigenvalue weighted by Gasteiger charge is 2.26. The molecule has 0 spiro atoms. The summed E-state index contributed by atoms with van der Waals surface area (Å²) in [5, 5.41) is 0.468. The first-order valence-electron chi connectivity index (χ1n) is 6.69. The Morgan fingerprint density at radius 2 is 1.96 bits per heavy atom. The Morgan fingerprint density at radius 3 is 2.65 bits per heavy atom. The highest BCUT2D eigenvalue weighted by atomic mass is 35.5. The zero-order valence-electron chi connectivity index (χ0n) is 12.0. The minimum absolute atomic E-state index is 0.114. The van der Waals surface area contributed by atoms with Crippen LogP contribution in [0, 0.1) is 5.82 Å². The number of ether oxygens (including phenoxy) is 2. The van der Waals surface area contributed by atoms with Gasteiger partial charge in [0.1, 0.15) is 11.6 Å². The standard InChI is InChI=1S/C17H11ClFNO3/c1-22-15-7-4-11(18)9-13(15)16-20-14(17(21)23-16)8-10-2-5-12(19)6-3-10/h2-9H,1H3/b14-8+. The maximum Gasteiger partial charge on any atom is 0.363 e. The first-order valence-corrected chi connectivity index (χ1v) is 7.06. The predicted octanol–water partition coefficient (Wildman–Crippen LogP) is 3.83. The van der Waals surface area contributed by atoms with Crippen LogP contribution in [0.5, 0.6) is 5.75 Å². The van der Waals surface area contributed by atoms with Gasteiger partial charge in [-0.3, -0.25) is 0 Å². The Hall–Kier alpha value is -2.66. The first-order chi connectivity index (χ1) is 11.1. The molecule has 0 fully saturated rings. The molecule has 2 aromatic carbocycles. The third-order valence-corrected chi connectivity index (χ3v) is 3.42. The molecule has 0 saturated carbocycles. The number of cyclic esters (lactones) is 1. The number of aliphatic imine (C=N–C) groups is 1. The highest BCUT2D eigenvalue weighted by Crippen LogP contribution is 2.27. The summed E-state index contributed by atoms with van der Waals surface area (Å²) in [5.41, 5.74) is 1.24. The van der Waals surface area contributed by atoms with Gasteiger partial charge in [-0.15, -0.1) is 0 Å². The van der Waals surface area contributed by atoms with Crippen LogP contribution >= 0.6 is 11.6 Å². The van der Waals surface area contributed by atoms with Crippen LogP contribution in [0.15, 0.2) is 53.2 Å². The normalized spacial score (nSPS) is 15.5. The van der Waals surface area contributed by atoms with E-state index < -0.39 is 5.97 Å². The molecule has 6 heteroatoms. The molecular formula is C17H11ClFNO3. The molecule has 2 aromatic rings. The van der Waals surface area contributed by atoms with Gasteiger partial charge in [0.05, 0.1) is 12.7 Å². The third kappa shape index (κ3) is 3.24. The van der Waals surface area contributed by atoms with Crippen molar-refractivity contribution in [2.45, 2.75) is 0 Å². The van der Waals surface area contributed by atoms with Crippen molar-refractivity contribution in [3.05, 3.63) is 70.1 Å². The molecule has 0 N–H and O–H groups in total. The summed E-state index contributed by atoms with van der Waals surface area (Å²) in [5.74, 6) is -0.341. The molecule has 0 aromatic heterocycles. The summed E-state index contributed by atoms with van der Waals surface area (Å²) in [6.07, 6.45) is 1.52. The van der Waals surface area contributed by atoms with E-state index >= 15 is 0 Å². The zero-order valence-corrected chi connectivity index (χ0v) is 12.8. The molecule has 0 bridgehead atoms. The summed E-state index contributed by atoms with van der Waals surface area (Å²) in [6.45, 7) is 0. The molecule has 23 heavy (non-hydrogen) atoms. The lowest BCUT2D eigenvalue weighted by atomic mass is 10.2. The van der Waals surface area contributed by atoms with Gasteiger partial charge >= 0.3 is 5.97 Å². The van der Waals surface area contributed by atoms with Gasteiger partial charge in [-0.05, 0) is 42.0 Å². The van der Waals surface area contributed by atoms with E-state index in [-0.39, 0.29) is 17.4 Å². The van der Waals surface area contributed by atoms with E-state index in [9.17, 15) is 9.18 Å². The Morgan fingerprint density at radius 1 is 1.22 bits per heavy atom. The van der Waals surface area contributed by atoms with Crippen LogP contribution < -0.4 is 4.74 Å². The number of carbonyl (C=O) groups is 1. The maximum atomic E-state index is 12.9. The molecule has 0 unspecified atom stereocenters. The number of esters is 1. The second kappa shape index (κ2) is 6.22. The fraction of sp³-hybridized carbons (Fsp3) is 0.0588. The Bertz CT molecular complexity index is 828. The van der Waals surface area contributed by atoms with E-state index in [1.165, 1.54) is 25.3 Å². The number of nitrogens with zero attached hydrogens (tertiary/aromatic N) is 1. The number of halogens is 2. The first kappa shape index (κ1) is 15.2. The summed E-state index contributed by atoms with van der Waals surface area (Å²) >= 11 is 5.97. The van der Waals surface area contributed by atoms with Crippen molar-refractivity contribution in [2.75, 3.05) is 7.11 Å². The third-order valence-electron chi connectivity index (χ3n) is 3.19. The van der Waals surface area contributed by atoms with E-state index in [1.54, 1.807) is 30.3 Å². The van der Waals surface area contributed by atoms with Crippen molar-refractivity contribution in [3.8, 4) is 5.75 Å². The van der Waals surface area contributed by atoms with Gasteiger partial charge in [-0.25, -0.2) is 14.2 Å². The van der Waals surface area contributed by atoms with E-state index in [4.69, 9.17) is 21.1 Å². The minimum Gasteiger partial charge on any atom is -0.496 e. The van der Waals surface area contributed by atoms with E-state index in [0.717, 1.165) is 0 Å². The van der Waals surface area contributed by atoms with Crippen LogP contribution in [0.2, 0.25) is 5.02 Å². The molecular weight excluding hydrogens is 321 g/mol. The fourth-order valence-electron chi connectivity index (χ4n) is 2.09. The minimum atomic E-state index is -0.591. The average Bonchev–Trinajstić information content (AvgIpc) is 2.90. The van der Waals surface area contributed by atoms with Crippen molar-refractivity contribution >= 4 is 29.5 Å². The van der Waals surface area contributed by atoms with Gasteiger partial charge < -0.3 is 9.47 Å². The monoisotopic (exact) mass is 331 g/mol. The van der Waals surface area contributed by atoms with Crippen LogP contribution in [0.25, 0.3) is 6.08 Å². The summed E-state index contributed by atoms with van der Waals surface area (Å²) in [7, 11) is 1.50. The summed E-state index contributed by atoms with van der Waals surface area (Å²) < 4.78 is 23.3. The number of carbonyl (C=O) groups excluding carboxylic acids is 1. The number of methoxy groups -OCH3 is 1. The quantitative estimate of drug-likeness (QED) is 0.634. The predicted molar refractivity (Wildman–Crippen MR) is 85.0 cm³/mol. The Kier molecular flexibility index (Phi) is 4.12. The van der Waals surface area contributed by atoms with Crippen molar-refractivity contribution in [2.24, 2.45) is 4.99 Å². The van der Waals surface area contributed by atoms with Gasteiger partial charge in [-0.2, -0.15) is 0 Å². The molecule has 4 nitrogen and oxygen atoms in total. The molecule has 0 atom stereocenters. The van der Waals surface area contributed by atoms with Crippen molar-refractivity contribution in [1.29, 1.82) is 0 Å². The lowest BCUT2D eigenvalue weighted by Gasteiger charge is -2.07. The fourth-order valence-corrected chi connectivity index (χ4v) is 2.26. The number of benzene rings is 2. The summed E-state index contributed by atoms with van der Waals surface area (Å²) in [6, 6.07) is 10.6. The van der Waals surface area contributed by atoms with Gasteiger partial charge in [0.2, 0.25) is 5.90 Å². The van der Waals surface area contributed by atoms with Crippen molar-refractivity contribution in [1.82, 2.24) is 0 Å². The van der Waals surface area contributed by atoms with Crippen LogP contribution in [-0.4, -0.2) is 19.0 Å². The van der Waals surface area contributed by atoms with Crippen LogP contribution in [0.1, 0.15) is 11.1 Å². The van der Waals surface area contributed by atoms with E-state index in [0.29, 0.717) is 21.9 Å². The topological polar surface area (TPSA) is 47.9 Å². The lowest BCUT2D eigenvalue weighted by molar-refractivity contribution is -0.129. The van der Waals surface area contributed by atoms with Gasteiger partial charge in [0.15, 0.2) is 5.70 Å². The van der Waals surface area contributed by atoms with Crippen LogP contribution in [0.4, 0.5) is 4.39 Å². The number of hydrogen-bond acceptors (Lipinski definition) is 4. The number of hydrogen-bond donors (Lipinski definition) is 0. The van der Waals surface area contributed by atoms with Gasteiger partial charge in [-0.1, -0.05) is 23.7 Å². The van der Waals surface area contributed by atoms with Gasteiger partial charge in [0.25, 0.3) is 0 Å². The molecule has 0 amide bonds. The van der Waals surface area contributed by atoms with Crippen LogP contribution in [0.3, 0.4) is 0 Å². The lowest BCUT2D eigenvalue weighted by Crippen LogP contribution is -2.07. The molecule has 3 rings (SSSR count). The van der Waals surface area contributed by atoms with Crippen molar-refractivity contribution < 1.29 is 18.7 Å². The molecule has 0 radical (unpaired) electrons. The highest BCUT2D eigenvalue weighted by molar-refractivity contribution is 6.31. The SMILES string of the molecule is COc1ccc(Cl)cc1C1=N/C(=C/c2ccc(F)cc2)C(=O)O1. The van der Waals surface area contributed by atoms with Crippen LogP contribution in [-0.2, 0) is 9.53 Å². The smallest absolute Gasteiger partial charge is 0.363 e. The largest absolute Gasteiger partial charge is 0.496 e. The Balaban J connectivity index is 1.98. The second-order valence-corrected chi connectivity index (χ2v) is 5.17. The molecule has 1 aliphatic heterocycles. The molecule has 1 aliphatic rings. The molecule has 0 aliphatic carbocycles. The maximum absolute atomic E-state index is 12.9. The van der Waals surface area contributed by atoms with E-state index in [1.807, 2.05) is 0 Å². The Labute approximate surface area is 136 Å². The molecule has 0 saturated heterocycles. The second-order valence-electron chi connectivity index (χ2n) is 4.73. The van der Waals surface area contributed by atoms with E-state index in [2.05, 4.69) is 4.99 Å².